The molecule has 2 aliphatic rings. The molecule has 1 amide bonds. The van der Waals surface area contributed by atoms with Gasteiger partial charge < -0.3 is 29.4 Å². The predicted octanol–water partition coefficient (Wildman–Crippen LogP) is 4.03. The number of aliphatic hydroxyl groups is 1. The molecule has 8 heteroatoms. The van der Waals surface area contributed by atoms with E-state index < -0.39 is 5.60 Å². The lowest BCUT2D eigenvalue weighted by atomic mass is 9.66. The van der Waals surface area contributed by atoms with Gasteiger partial charge >= 0.3 is 0 Å². The third-order valence-electron chi connectivity index (χ3n) is 7.42. The van der Waals surface area contributed by atoms with Crippen LogP contribution < -0.4 is 24.3 Å². The Bertz CT molecular complexity index is 1000. The Balaban J connectivity index is 1.65. The van der Waals surface area contributed by atoms with Gasteiger partial charge in [-0.05, 0) is 61.2 Å². The SMILES string of the molecule is COc1ccc(NC(=O)CN2CC[C@@]3(O)CCCC[C@H]3[C@@H]2c2cc(OC)c(OC)c(OC)c2)cc1. The number of benzene rings is 2. The first-order valence-electron chi connectivity index (χ1n) is 12.1. The Kier molecular flexibility index (Phi) is 7.72. The number of hydrogen-bond acceptors (Lipinski definition) is 7. The Morgan fingerprint density at radius 3 is 2.29 bits per heavy atom. The van der Waals surface area contributed by atoms with E-state index in [1.807, 2.05) is 36.4 Å². The number of anilines is 1. The van der Waals surface area contributed by atoms with E-state index >= 15 is 0 Å². The number of piperidine rings is 1. The molecule has 2 aromatic carbocycles. The summed E-state index contributed by atoms with van der Waals surface area (Å²) >= 11 is 0. The van der Waals surface area contributed by atoms with Gasteiger partial charge in [0, 0.05) is 24.2 Å². The van der Waals surface area contributed by atoms with Crippen molar-refractivity contribution in [1.82, 2.24) is 4.90 Å². The van der Waals surface area contributed by atoms with E-state index in [4.69, 9.17) is 18.9 Å². The van der Waals surface area contributed by atoms with Gasteiger partial charge in [-0.25, -0.2) is 0 Å². The molecular formula is C27H36N2O6. The van der Waals surface area contributed by atoms with Crippen molar-refractivity contribution < 1.29 is 28.8 Å². The summed E-state index contributed by atoms with van der Waals surface area (Å²) in [6.45, 7) is 0.824. The summed E-state index contributed by atoms with van der Waals surface area (Å²) in [6.07, 6.45) is 4.40. The maximum absolute atomic E-state index is 13.1. The molecule has 3 atom stereocenters. The second kappa shape index (κ2) is 10.7. The topological polar surface area (TPSA) is 89.5 Å². The highest BCUT2D eigenvalue weighted by Crippen LogP contribution is 2.51. The first-order chi connectivity index (χ1) is 16.9. The molecular weight excluding hydrogens is 448 g/mol. The van der Waals surface area contributed by atoms with Gasteiger partial charge in [0.15, 0.2) is 11.5 Å². The third-order valence-corrected chi connectivity index (χ3v) is 7.42. The molecule has 1 heterocycles. The van der Waals surface area contributed by atoms with Crippen molar-refractivity contribution in [3.8, 4) is 23.0 Å². The van der Waals surface area contributed by atoms with Crippen LogP contribution >= 0.6 is 0 Å². The molecule has 1 saturated heterocycles. The van der Waals surface area contributed by atoms with E-state index in [0.717, 1.165) is 37.0 Å². The summed E-state index contributed by atoms with van der Waals surface area (Å²) in [4.78, 5) is 15.3. The summed E-state index contributed by atoms with van der Waals surface area (Å²) < 4.78 is 21.9. The Hall–Kier alpha value is -2.97. The highest BCUT2D eigenvalue weighted by atomic mass is 16.5. The number of carbonyl (C=O) groups is 1. The highest BCUT2D eigenvalue weighted by molar-refractivity contribution is 5.92. The number of likely N-dealkylation sites (tertiary alicyclic amines) is 1. The van der Waals surface area contributed by atoms with Gasteiger partial charge in [0.1, 0.15) is 5.75 Å². The van der Waals surface area contributed by atoms with Crippen molar-refractivity contribution in [2.45, 2.75) is 43.7 Å². The van der Waals surface area contributed by atoms with Crippen LogP contribution in [-0.4, -0.2) is 63.0 Å². The van der Waals surface area contributed by atoms with Crippen molar-refractivity contribution >= 4 is 11.6 Å². The number of ether oxygens (including phenoxy) is 4. The number of carbonyl (C=O) groups excluding carboxylic acids is 1. The number of hydrogen-bond donors (Lipinski definition) is 2. The minimum absolute atomic E-state index is 0.00148. The van der Waals surface area contributed by atoms with Crippen LogP contribution in [0.4, 0.5) is 5.69 Å². The van der Waals surface area contributed by atoms with Crippen molar-refractivity contribution in [1.29, 1.82) is 0 Å². The molecule has 0 unspecified atom stereocenters. The van der Waals surface area contributed by atoms with Crippen LogP contribution in [0.15, 0.2) is 36.4 Å². The number of methoxy groups -OCH3 is 4. The van der Waals surface area contributed by atoms with E-state index in [0.29, 0.717) is 35.9 Å². The molecule has 0 aromatic heterocycles. The smallest absolute Gasteiger partial charge is 0.238 e. The summed E-state index contributed by atoms with van der Waals surface area (Å²) in [7, 11) is 6.38. The van der Waals surface area contributed by atoms with Crippen LogP contribution in [0.2, 0.25) is 0 Å². The van der Waals surface area contributed by atoms with E-state index in [2.05, 4.69) is 10.2 Å². The highest BCUT2D eigenvalue weighted by Gasteiger charge is 2.49. The summed E-state index contributed by atoms with van der Waals surface area (Å²) in [5, 5.41) is 14.6. The van der Waals surface area contributed by atoms with Gasteiger partial charge in [0.25, 0.3) is 0 Å². The summed E-state index contributed by atoms with van der Waals surface area (Å²) in [5.41, 5.74) is 0.916. The van der Waals surface area contributed by atoms with Crippen molar-refractivity contribution in [2.24, 2.45) is 5.92 Å². The number of rotatable bonds is 8. The lowest BCUT2D eigenvalue weighted by molar-refractivity contribution is -0.135. The molecule has 1 aliphatic carbocycles. The van der Waals surface area contributed by atoms with Gasteiger partial charge in [-0.2, -0.15) is 0 Å². The average Bonchev–Trinajstić information content (AvgIpc) is 2.88. The second-order valence-electron chi connectivity index (χ2n) is 9.36. The van der Waals surface area contributed by atoms with Crippen LogP contribution in [0.3, 0.4) is 0 Å². The molecule has 2 N–H and O–H groups in total. The van der Waals surface area contributed by atoms with Crippen LogP contribution in [0.5, 0.6) is 23.0 Å². The Morgan fingerprint density at radius 2 is 1.69 bits per heavy atom. The molecule has 8 nitrogen and oxygen atoms in total. The number of fused-ring (bicyclic) bond motifs is 1. The Morgan fingerprint density at radius 1 is 1.00 bits per heavy atom. The standard InChI is InChI=1S/C27H36N2O6/c1-32-20-10-8-19(9-11-20)28-24(30)17-29-14-13-27(31)12-6-5-7-21(27)25(29)18-15-22(33-2)26(35-4)23(16-18)34-3/h8-11,15-16,21,25,31H,5-7,12-14,17H2,1-4H3,(H,28,30)/t21-,25-,27-/m0/s1. The monoisotopic (exact) mass is 484 g/mol. The molecule has 2 aromatic rings. The number of amides is 1. The average molecular weight is 485 g/mol. The maximum Gasteiger partial charge on any atom is 0.238 e. The number of nitrogens with one attached hydrogen (secondary N) is 1. The fourth-order valence-electron chi connectivity index (χ4n) is 5.69. The molecule has 0 radical (unpaired) electrons. The largest absolute Gasteiger partial charge is 0.497 e. The van der Waals surface area contributed by atoms with Crippen molar-refractivity contribution in [2.75, 3.05) is 46.8 Å². The van der Waals surface area contributed by atoms with Crippen LogP contribution in [0.25, 0.3) is 0 Å². The predicted molar refractivity (Wildman–Crippen MR) is 134 cm³/mol. The fraction of sp³-hybridized carbons (Fsp3) is 0.519. The molecule has 1 saturated carbocycles. The normalized spacial score (nSPS) is 24.3. The van der Waals surface area contributed by atoms with Gasteiger partial charge in [-0.1, -0.05) is 12.8 Å². The van der Waals surface area contributed by atoms with Crippen molar-refractivity contribution in [3.63, 3.8) is 0 Å². The lowest BCUT2D eigenvalue weighted by Gasteiger charge is -2.52. The van der Waals surface area contributed by atoms with E-state index in [1.165, 1.54) is 0 Å². The molecule has 4 rings (SSSR count). The molecule has 2 fully saturated rings. The summed E-state index contributed by atoms with van der Waals surface area (Å²) in [5.74, 6) is 2.29. The lowest BCUT2D eigenvalue weighted by Crippen LogP contribution is -2.56. The first-order valence-corrected chi connectivity index (χ1v) is 12.1. The Labute approximate surface area is 207 Å². The van der Waals surface area contributed by atoms with E-state index in [-0.39, 0.29) is 24.4 Å². The third kappa shape index (κ3) is 5.18. The second-order valence-corrected chi connectivity index (χ2v) is 9.36. The molecule has 35 heavy (non-hydrogen) atoms. The van der Waals surface area contributed by atoms with E-state index in [9.17, 15) is 9.90 Å². The summed E-state index contributed by atoms with van der Waals surface area (Å²) in [6, 6.07) is 11.0. The van der Waals surface area contributed by atoms with Gasteiger partial charge in [0.2, 0.25) is 11.7 Å². The maximum atomic E-state index is 13.1. The zero-order chi connectivity index (χ0) is 25.0. The first kappa shape index (κ1) is 25.1. The molecule has 0 spiro atoms. The zero-order valence-electron chi connectivity index (χ0n) is 21.0. The molecule has 190 valence electrons. The molecule has 1 aliphatic heterocycles. The fourth-order valence-corrected chi connectivity index (χ4v) is 5.69. The van der Waals surface area contributed by atoms with Crippen LogP contribution in [-0.2, 0) is 4.79 Å². The molecule has 0 bridgehead atoms. The van der Waals surface area contributed by atoms with Crippen LogP contribution in [0.1, 0.15) is 43.7 Å². The minimum atomic E-state index is -0.744. The van der Waals surface area contributed by atoms with Gasteiger partial charge in [-0.3, -0.25) is 9.69 Å². The minimum Gasteiger partial charge on any atom is -0.497 e. The van der Waals surface area contributed by atoms with Crippen LogP contribution in [0, 0.1) is 5.92 Å². The quantitative estimate of drug-likeness (QED) is 0.585. The van der Waals surface area contributed by atoms with Gasteiger partial charge in [-0.15, -0.1) is 0 Å². The number of nitrogens with zero attached hydrogens (tertiary/aromatic N) is 1. The zero-order valence-corrected chi connectivity index (χ0v) is 21.0. The van der Waals surface area contributed by atoms with Gasteiger partial charge in [0.05, 0.1) is 40.6 Å². The van der Waals surface area contributed by atoms with E-state index in [1.54, 1.807) is 28.4 Å². The van der Waals surface area contributed by atoms with Crippen molar-refractivity contribution in [3.05, 3.63) is 42.0 Å².